The van der Waals surface area contributed by atoms with E-state index in [4.69, 9.17) is 18.9 Å². The molecule has 1 N–H and O–H groups in total. The summed E-state index contributed by atoms with van der Waals surface area (Å²) >= 11 is 0. The molecule has 1 unspecified atom stereocenters. The highest BCUT2D eigenvalue weighted by Crippen LogP contribution is 2.47. The second-order valence-corrected chi connectivity index (χ2v) is 6.87. The molecule has 5 nitrogen and oxygen atoms in total. The van der Waals surface area contributed by atoms with Crippen molar-refractivity contribution in [3.8, 4) is 11.5 Å². The van der Waals surface area contributed by atoms with Gasteiger partial charge in [0.05, 0.1) is 26.9 Å². The zero-order valence-electron chi connectivity index (χ0n) is 15.5. The molecule has 2 atom stereocenters. The lowest BCUT2D eigenvalue weighted by Crippen LogP contribution is -2.20. The molecule has 1 aliphatic heterocycles. The minimum Gasteiger partial charge on any atom is -0.496 e. The van der Waals surface area contributed by atoms with Gasteiger partial charge < -0.3 is 24.1 Å². The zero-order chi connectivity index (χ0) is 18.2. The molecule has 0 aromatic heterocycles. The Morgan fingerprint density at radius 1 is 1.16 bits per heavy atom. The van der Waals surface area contributed by atoms with Gasteiger partial charge in [-0.3, -0.25) is 0 Å². The van der Waals surface area contributed by atoms with Crippen LogP contribution in [-0.4, -0.2) is 37.8 Å². The molecule has 2 aromatic carbocycles. The first kappa shape index (κ1) is 18.0. The van der Waals surface area contributed by atoms with E-state index in [1.54, 1.807) is 21.1 Å². The Balaban J connectivity index is 2.31. The highest BCUT2D eigenvalue weighted by atomic mass is 16.7. The second kappa shape index (κ2) is 6.83. The summed E-state index contributed by atoms with van der Waals surface area (Å²) in [4.78, 5) is 0. The fourth-order valence-electron chi connectivity index (χ4n) is 3.57. The van der Waals surface area contributed by atoms with E-state index in [1.165, 1.54) is 0 Å². The third kappa shape index (κ3) is 3.32. The van der Waals surface area contributed by atoms with E-state index in [9.17, 15) is 5.11 Å². The first-order valence-electron chi connectivity index (χ1n) is 8.53. The molecule has 0 radical (unpaired) electrons. The average Bonchev–Trinajstić information content (AvgIpc) is 2.92. The van der Waals surface area contributed by atoms with Gasteiger partial charge in [-0.15, -0.1) is 0 Å². The van der Waals surface area contributed by atoms with E-state index in [0.717, 1.165) is 33.4 Å². The predicted molar refractivity (Wildman–Crippen MR) is 96.3 cm³/mol. The topological polar surface area (TPSA) is 57.2 Å². The average molecular weight is 346 g/mol. The maximum atomic E-state index is 10.1. The third-order valence-electron chi connectivity index (χ3n) is 4.50. The second-order valence-electron chi connectivity index (χ2n) is 6.87. The van der Waals surface area contributed by atoms with E-state index in [0.29, 0.717) is 13.0 Å². The van der Waals surface area contributed by atoms with Crippen molar-refractivity contribution in [2.75, 3.05) is 20.8 Å². The number of aliphatic hydroxyl groups is 1. The molecule has 1 heterocycles. The Morgan fingerprint density at radius 2 is 1.76 bits per heavy atom. The van der Waals surface area contributed by atoms with E-state index in [2.05, 4.69) is 0 Å². The molecule has 3 rings (SSSR count). The van der Waals surface area contributed by atoms with Crippen molar-refractivity contribution in [1.29, 1.82) is 0 Å². The number of aliphatic hydroxyl groups excluding tert-OH is 1. The van der Waals surface area contributed by atoms with Gasteiger partial charge in [-0.1, -0.05) is 24.3 Å². The van der Waals surface area contributed by atoms with Gasteiger partial charge in [0.1, 0.15) is 17.6 Å². The SMILES string of the molecule is COc1c(CC(C)O)c([C@H]2COC(C)(C)O2)c(OC)c2ccccc12. The molecule has 25 heavy (non-hydrogen) atoms. The highest BCUT2D eigenvalue weighted by molar-refractivity contribution is 5.96. The molecule has 136 valence electrons. The molecule has 2 aromatic rings. The minimum atomic E-state index is -0.656. The van der Waals surface area contributed by atoms with Gasteiger partial charge in [-0.25, -0.2) is 0 Å². The maximum absolute atomic E-state index is 10.1. The van der Waals surface area contributed by atoms with Crippen LogP contribution in [0, 0.1) is 0 Å². The first-order valence-corrected chi connectivity index (χ1v) is 8.53. The summed E-state index contributed by atoms with van der Waals surface area (Å²) in [5.41, 5.74) is 1.80. The molecule has 1 fully saturated rings. The van der Waals surface area contributed by atoms with Gasteiger partial charge in [-0.2, -0.15) is 0 Å². The summed E-state index contributed by atoms with van der Waals surface area (Å²) < 4.78 is 23.4. The van der Waals surface area contributed by atoms with Gasteiger partial charge in [0.2, 0.25) is 0 Å². The third-order valence-corrected chi connectivity index (χ3v) is 4.50. The lowest BCUT2D eigenvalue weighted by Gasteiger charge is -2.25. The van der Waals surface area contributed by atoms with Crippen LogP contribution in [0.5, 0.6) is 11.5 Å². The first-order chi connectivity index (χ1) is 11.9. The molecule has 5 heteroatoms. The van der Waals surface area contributed by atoms with Crippen LogP contribution >= 0.6 is 0 Å². The minimum absolute atomic E-state index is 0.280. The highest BCUT2D eigenvalue weighted by Gasteiger charge is 2.38. The largest absolute Gasteiger partial charge is 0.496 e. The molecule has 0 spiro atoms. The van der Waals surface area contributed by atoms with Gasteiger partial charge in [0, 0.05) is 28.3 Å². The summed E-state index contributed by atoms with van der Waals surface area (Å²) in [6.45, 7) is 5.98. The van der Waals surface area contributed by atoms with Crippen LogP contribution in [0.2, 0.25) is 0 Å². The number of benzene rings is 2. The van der Waals surface area contributed by atoms with Gasteiger partial charge in [0.15, 0.2) is 5.79 Å². The summed E-state index contributed by atoms with van der Waals surface area (Å²) in [6.07, 6.45) is -0.356. The standard InChI is InChI=1S/C20H26O5/c1-12(21)10-15-17(16-11-24-20(2,3)25-16)19(23-5)14-9-7-6-8-13(14)18(15)22-4/h6-9,12,16,21H,10-11H2,1-5H3/t12?,16-/m1/s1. The monoisotopic (exact) mass is 346 g/mol. The molecule has 0 aliphatic carbocycles. The van der Waals surface area contributed by atoms with Crippen LogP contribution in [0.3, 0.4) is 0 Å². The van der Waals surface area contributed by atoms with E-state index in [-0.39, 0.29) is 6.10 Å². The van der Waals surface area contributed by atoms with Crippen molar-refractivity contribution < 1.29 is 24.1 Å². The lowest BCUT2D eigenvalue weighted by molar-refractivity contribution is -0.139. The van der Waals surface area contributed by atoms with Crippen molar-refractivity contribution in [2.45, 2.75) is 45.2 Å². The number of fused-ring (bicyclic) bond motifs is 1. The molecular weight excluding hydrogens is 320 g/mol. The van der Waals surface area contributed by atoms with Crippen molar-refractivity contribution in [2.24, 2.45) is 0 Å². The van der Waals surface area contributed by atoms with Gasteiger partial charge in [-0.05, 0) is 20.8 Å². The molecule has 0 amide bonds. The Labute approximate surface area is 148 Å². The van der Waals surface area contributed by atoms with Crippen LogP contribution in [0.25, 0.3) is 10.8 Å². The quantitative estimate of drug-likeness (QED) is 0.896. The summed E-state index contributed by atoms with van der Waals surface area (Å²) in [5, 5.41) is 12.0. The van der Waals surface area contributed by atoms with E-state index in [1.807, 2.05) is 38.1 Å². The molecule has 1 saturated heterocycles. The summed E-state index contributed by atoms with van der Waals surface area (Å²) in [6, 6.07) is 7.95. The number of methoxy groups -OCH3 is 2. The fraction of sp³-hybridized carbons (Fsp3) is 0.500. The molecular formula is C20H26O5. The van der Waals surface area contributed by atoms with Crippen LogP contribution in [0.15, 0.2) is 24.3 Å². The van der Waals surface area contributed by atoms with Crippen molar-refractivity contribution in [3.05, 3.63) is 35.4 Å². The summed E-state index contributed by atoms with van der Waals surface area (Å²) in [5.74, 6) is 0.843. The zero-order valence-corrected chi connectivity index (χ0v) is 15.5. The summed E-state index contributed by atoms with van der Waals surface area (Å²) in [7, 11) is 3.31. The normalized spacial score (nSPS) is 20.6. The Kier molecular flexibility index (Phi) is 4.91. The van der Waals surface area contributed by atoms with Gasteiger partial charge >= 0.3 is 0 Å². The smallest absolute Gasteiger partial charge is 0.163 e. The lowest BCUT2D eigenvalue weighted by atomic mass is 9.91. The number of ether oxygens (including phenoxy) is 4. The van der Waals surface area contributed by atoms with Gasteiger partial charge in [0.25, 0.3) is 0 Å². The van der Waals surface area contributed by atoms with Crippen molar-refractivity contribution in [3.63, 3.8) is 0 Å². The molecule has 1 aliphatic rings. The maximum Gasteiger partial charge on any atom is 0.163 e. The van der Waals surface area contributed by atoms with Crippen LogP contribution in [0.1, 0.15) is 38.0 Å². The predicted octanol–water partition coefficient (Wildman–Crippen LogP) is 3.60. The van der Waals surface area contributed by atoms with E-state index < -0.39 is 11.9 Å². The Hall–Kier alpha value is -1.82. The van der Waals surface area contributed by atoms with Crippen molar-refractivity contribution >= 4 is 10.8 Å². The molecule has 0 saturated carbocycles. The Bertz CT molecular complexity index is 766. The van der Waals surface area contributed by atoms with Crippen LogP contribution in [-0.2, 0) is 15.9 Å². The van der Waals surface area contributed by atoms with Crippen LogP contribution < -0.4 is 9.47 Å². The number of hydrogen-bond acceptors (Lipinski definition) is 5. The van der Waals surface area contributed by atoms with Crippen molar-refractivity contribution in [1.82, 2.24) is 0 Å². The van der Waals surface area contributed by atoms with E-state index >= 15 is 0 Å². The van der Waals surface area contributed by atoms with Crippen LogP contribution in [0.4, 0.5) is 0 Å². The fourth-order valence-corrected chi connectivity index (χ4v) is 3.57. The Morgan fingerprint density at radius 3 is 2.24 bits per heavy atom. The number of hydrogen-bond donors (Lipinski definition) is 1. The molecule has 0 bridgehead atoms. The number of rotatable bonds is 5.